The fraction of sp³-hybridized carbons (Fsp3) is 0.229. The predicted molar refractivity (Wildman–Crippen MR) is 481 cm³/mol. The van der Waals surface area contributed by atoms with Gasteiger partial charge in [-0.2, -0.15) is 0 Å². The molecule has 0 saturated heterocycles. The summed E-state index contributed by atoms with van der Waals surface area (Å²) in [4.78, 5) is 0. The van der Waals surface area contributed by atoms with Crippen LogP contribution in [0, 0.1) is 62.3 Å². The van der Waals surface area contributed by atoms with Crippen LogP contribution >= 0.6 is 0 Å². The molecule has 4 heterocycles. The average Bonchev–Trinajstić information content (AvgIpc) is 1.25. The second kappa shape index (κ2) is 33.3. The van der Waals surface area contributed by atoms with Gasteiger partial charge in [-0.1, -0.05) is 247 Å². The van der Waals surface area contributed by atoms with Crippen molar-refractivity contribution in [1.29, 1.82) is 0 Å². The molecule has 4 aromatic heterocycles. The van der Waals surface area contributed by atoms with Gasteiger partial charge in [0.15, 0.2) is 24.8 Å². The molecule has 1 aliphatic carbocycles. The van der Waals surface area contributed by atoms with E-state index in [2.05, 4.69) is 435 Å². The zero-order valence-electron chi connectivity index (χ0n) is 70.0. The zero-order valence-corrected chi connectivity index (χ0v) is 70.0. The molecule has 16 aromatic rings. The monoisotopic (exact) mass is 1480 g/mol. The minimum absolute atomic E-state index is 0.167. The number of hydrogen-bond acceptors (Lipinski definition) is 0. The summed E-state index contributed by atoms with van der Waals surface area (Å²) in [5, 5.41) is 10.5. The first-order valence-corrected chi connectivity index (χ1v) is 40.7. The Morgan fingerprint density at radius 2 is 0.566 bits per heavy atom. The number of benzene rings is 12. The van der Waals surface area contributed by atoms with Crippen molar-refractivity contribution >= 4 is 43.1 Å². The van der Waals surface area contributed by atoms with Gasteiger partial charge in [0.1, 0.15) is 28.2 Å². The molecule has 0 radical (unpaired) electrons. The number of hydrogen-bond donors (Lipinski definition) is 0. The smallest absolute Gasteiger partial charge is 0.201 e. The average molecular weight is 1480 g/mol. The van der Waals surface area contributed by atoms with Crippen molar-refractivity contribution in [1.82, 2.24) is 0 Å². The summed E-state index contributed by atoms with van der Waals surface area (Å²) in [6, 6.07) is 98.7. The van der Waals surface area contributed by atoms with Crippen molar-refractivity contribution in [3.05, 3.63) is 358 Å². The molecular formula is C109H112N4+4. The first-order valence-electron chi connectivity index (χ1n) is 40.7. The van der Waals surface area contributed by atoms with E-state index in [1.165, 1.54) is 225 Å². The molecule has 113 heavy (non-hydrogen) atoms. The standard InChI is InChI=1S/C29H30N.C28H30N.C27H28N.C25H24N/c1-20-8-4-7-11-27(20)29-18-28(21(2)19-30(29)3)26-15-14-24-16-23(12-13-25(24)17-26)22-9-5-6-10-22;1-19-9-7-8-10-25(19)27-17-26(20(2)18-29(27)6)23-12-11-22-16-24(28(3,4)5)14-13-21(22)15-23;1-18(2)21-10-11-23-15-24(13-12-22(23)14-21)26-16-27(28(5)17-20(26)4)25-9-7-6-8-19(25)3;1-17-9-10-21-14-22(12-11-20(21)13-17)24-15-25(26(4)16-19(24)3)23-8-6-5-7-18(23)2/h4,7-8,11-19,22H,5-6,9-10H2,1-3H3;7-18H,1-6H3;6-18H,1-5H3;5-16H,1-4H3/q4*+1. The third-order valence-electron chi connectivity index (χ3n) is 23.7. The van der Waals surface area contributed by atoms with Crippen LogP contribution in [0.2, 0.25) is 0 Å². The largest absolute Gasteiger partial charge is 0.213 e. The molecule has 1 saturated carbocycles. The van der Waals surface area contributed by atoms with Crippen LogP contribution in [-0.2, 0) is 33.6 Å². The lowest BCUT2D eigenvalue weighted by atomic mass is 9.85. The third-order valence-corrected chi connectivity index (χ3v) is 23.7. The van der Waals surface area contributed by atoms with Crippen molar-refractivity contribution in [2.45, 2.75) is 140 Å². The van der Waals surface area contributed by atoms with Crippen LogP contribution in [0.3, 0.4) is 0 Å². The molecule has 564 valence electrons. The minimum Gasteiger partial charge on any atom is -0.201 e. The Balaban J connectivity index is 0.000000125. The number of pyridine rings is 4. The van der Waals surface area contributed by atoms with Gasteiger partial charge in [-0.15, -0.1) is 0 Å². The van der Waals surface area contributed by atoms with Gasteiger partial charge in [-0.25, -0.2) is 18.3 Å². The molecule has 0 amide bonds. The van der Waals surface area contributed by atoms with E-state index in [1.807, 2.05) is 0 Å². The summed E-state index contributed by atoms with van der Waals surface area (Å²) >= 11 is 0. The Morgan fingerprint density at radius 3 is 0.912 bits per heavy atom. The number of aromatic nitrogens is 4. The van der Waals surface area contributed by atoms with Gasteiger partial charge in [0, 0.05) is 68.8 Å². The molecule has 0 bridgehead atoms. The zero-order chi connectivity index (χ0) is 79.5. The number of rotatable bonds is 10. The lowest BCUT2D eigenvalue weighted by Gasteiger charge is -2.19. The van der Waals surface area contributed by atoms with E-state index in [4.69, 9.17) is 0 Å². The van der Waals surface area contributed by atoms with Crippen molar-refractivity contribution in [3.63, 3.8) is 0 Å². The molecule has 12 aromatic carbocycles. The Morgan fingerprint density at radius 1 is 0.274 bits per heavy atom. The van der Waals surface area contributed by atoms with Gasteiger partial charge in [0.25, 0.3) is 0 Å². The molecule has 0 N–H and O–H groups in total. The number of nitrogens with zero attached hydrogens (tertiary/aromatic N) is 4. The Labute approximate surface area is 673 Å². The van der Waals surface area contributed by atoms with E-state index >= 15 is 0 Å². The molecule has 4 heteroatoms. The summed E-state index contributed by atoms with van der Waals surface area (Å²) in [7, 11) is 8.53. The summed E-state index contributed by atoms with van der Waals surface area (Å²) in [5.41, 5.74) is 36.6. The molecular weight excluding hydrogens is 1370 g/mol. The maximum Gasteiger partial charge on any atom is 0.213 e. The van der Waals surface area contributed by atoms with Crippen LogP contribution in [0.15, 0.2) is 292 Å². The van der Waals surface area contributed by atoms with Crippen molar-refractivity contribution < 1.29 is 18.3 Å². The highest BCUT2D eigenvalue weighted by atomic mass is 14.9. The topological polar surface area (TPSA) is 15.5 Å². The van der Waals surface area contributed by atoms with Crippen molar-refractivity contribution in [2.75, 3.05) is 0 Å². The van der Waals surface area contributed by atoms with Crippen molar-refractivity contribution in [2.24, 2.45) is 28.2 Å². The molecule has 4 nitrogen and oxygen atoms in total. The highest BCUT2D eigenvalue weighted by Gasteiger charge is 2.24. The normalized spacial score (nSPS) is 12.2. The maximum atomic E-state index is 2.42. The second-order valence-corrected chi connectivity index (χ2v) is 33.6. The van der Waals surface area contributed by atoms with Gasteiger partial charge in [-0.3, -0.25) is 0 Å². The van der Waals surface area contributed by atoms with Gasteiger partial charge < -0.3 is 0 Å². The van der Waals surface area contributed by atoms with E-state index in [-0.39, 0.29) is 5.41 Å². The van der Waals surface area contributed by atoms with Gasteiger partial charge in [0.05, 0.1) is 0 Å². The minimum atomic E-state index is 0.167. The van der Waals surface area contributed by atoms with Crippen LogP contribution in [-0.4, -0.2) is 0 Å². The third kappa shape index (κ3) is 17.2. The first kappa shape index (κ1) is 78.0. The summed E-state index contributed by atoms with van der Waals surface area (Å²) in [6.45, 7) is 31.0. The van der Waals surface area contributed by atoms with E-state index in [0.717, 1.165) is 5.92 Å². The predicted octanol–water partition coefficient (Wildman–Crippen LogP) is 26.8. The van der Waals surface area contributed by atoms with E-state index in [9.17, 15) is 0 Å². The lowest BCUT2D eigenvalue weighted by molar-refractivity contribution is -0.660. The van der Waals surface area contributed by atoms with E-state index in [1.54, 1.807) is 0 Å². The quantitative estimate of drug-likeness (QED) is 0.121. The van der Waals surface area contributed by atoms with Crippen molar-refractivity contribution in [3.8, 4) is 89.5 Å². The molecule has 0 spiro atoms. The molecule has 0 aliphatic heterocycles. The summed E-state index contributed by atoms with van der Waals surface area (Å²) in [6.07, 6.45) is 14.4. The van der Waals surface area contributed by atoms with Crippen LogP contribution in [0.25, 0.3) is 133 Å². The van der Waals surface area contributed by atoms with Gasteiger partial charge in [-0.05, 0) is 267 Å². The lowest BCUT2D eigenvalue weighted by Crippen LogP contribution is -2.31. The van der Waals surface area contributed by atoms with E-state index < -0.39 is 0 Å². The van der Waals surface area contributed by atoms with Crippen LogP contribution < -0.4 is 18.3 Å². The molecule has 1 aliphatic rings. The highest BCUT2D eigenvalue weighted by molar-refractivity contribution is 5.93. The van der Waals surface area contributed by atoms with Gasteiger partial charge >= 0.3 is 0 Å². The highest BCUT2D eigenvalue weighted by Crippen LogP contribution is 2.40. The summed E-state index contributed by atoms with van der Waals surface area (Å²) < 4.78 is 8.94. The Bertz CT molecular complexity index is 6250. The molecule has 1 fully saturated rings. The Kier molecular flexibility index (Phi) is 23.0. The molecule has 17 rings (SSSR count). The fourth-order valence-electron chi connectivity index (χ4n) is 17.0. The van der Waals surface area contributed by atoms with Crippen LogP contribution in [0.4, 0.5) is 0 Å². The molecule has 0 atom stereocenters. The Hall–Kier alpha value is -11.7. The fourth-order valence-corrected chi connectivity index (χ4v) is 17.0. The van der Waals surface area contributed by atoms with E-state index in [0.29, 0.717) is 5.92 Å². The summed E-state index contributed by atoms with van der Waals surface area (Å²) in [5.74, 6) is 1.32. The van der Waals surface area contributed by atoms with Gasteiger partial charge in [0.2, 0.25) is 22.8 Å². The second-order valence-electron chi connectivity index (χ2n) is 33.6. The number of aryl methyl sites for hydroxylation is 13. The molecule has 0 unspecified atom stereocenters. The maximum absolute atomic E-state index is 2.42. The first-order chi connectivity index (χ1) is 54.3. The SMILES string of the molecule is Cc1c[n+](C)c(-c2ccccc2C)cc1-c1ccc2cc(C(C)(C)C)ccc2c1.Cc1c[n+](C)c(-c2ccccc2C)cc1-c1ccc2cc(C(C)C)ccc2c1.Cc1c[n+](C)c(-c2ccccc2C)cc1-c1ccc2cc(C3CCCC3)ccc2c1.Cc1ccc2cc(-c3cc(-c4ccccc4C)[n+](C)cc3C)ccc2c1. The van der Waals surface area contributed by atoms with Crippen LogP contribution in [0.1, 0.15) is 139 Å². The van der Waals surface area contributed by atoms with Crippen LogP contribution in [0.5, 0.6) is 0 Å². The number of fused-ring (bicyclic) bond motifs is 4.